The third-order valence-electron chi connectivity index (χ3n) is 5.63. The maximum absolute atomic E-state index is 10.1. The summed E-state index contributed by atoms with van der Waals surface area (Å²) in [5.74, 6) is 0.981. The van der Waals surface area contributed by atoms with Gasteiger partial charge in [-0.3, -0.25) is 0 Å². The summed E-state index contributed by atoms with van der Waals surface area (Å²) >= 11 is 5.87. The zero-order chi connectivity index (χ0) is 32.2. The van der Waals surface area contributed by atoms with Crippen LogP contribution in [0.2, 0.25) is 0 Å². The molecular weight excluding hydrogens is 540 g/mol. The monoisotopic (exact) mass is 596 g/mol. The second kappa shape index (κ2) is 28.2. The van der Waals surface area contributed by atoms with E-state index in [0.29, 0.717) is 18.1 Å². The number of hydrogen-bond donors (Lipinski definition) is 0. The number of carbonyl (C=O) groups excluding carboxylic acids is 1. The number of ether oxygens (including phenoxy) is 1. The Morgan fingerprint density at radius 2 is 1.93 bits per heavy atom. The molecule has 0 amide bonds. The second-order valence-electron chi connectivity index (χ2n) is 8.95. The van der Waals surface area contributed by atoms with E-state index >= 15 is 0 Å². The number of rotatable bonds is 14. The number of nitrogens with zero attached hydrogens (tertiary/aromatic N) is 2. The first-order valence-corrected chi connectivity index (χ1v) is 15.9. The van der Waals surface area contributed by atoms with Gasteiger partial charge in [0, 0.05) is 24.2 Å². The Hall–Kier alpha value is -2.95. The highest BCUT2D eigenvalue weighted by Gasteiger charge is 2.10. The highest BCUT2D eigenvalue weighted by atomic mass is 35.5. The predicted octanol–water partition coefficient (Wildman–Crippen LogP) is 11.2. The summed E-state index contributed by atoms with van der Waals surface area (Å²) in [6.07, 6.45) is 29.0. The second-order valence-corrected chi connectivity index (χ2v) is 9.44. The Morgan fingerprint density at radius 3 is 2.50 bits per heavy atom. The van der Waals surface area contributed by atoms with E-state index in [9.17, 15) is 4.79 Å². The van der Waals surface area contributed by atoms with Gasteiger partial charge in [-0.05, 0) is 76.2 Å². The van der Waals surface area contributed by atoms with E-state index in [2.05, 4.69) is 87.2 Å². The molecule has 1 aromatic heterocycles. The zero-order valence-corrected chi connectivity index (χ0v) is 28.4. The van der Waals surface area contributed by atoms with Gasteiger partial charge in [-0.15, -0.1) is 6.58 Å². The minimum atomic E-state index is 0.156. The summed E-state index contributed by atoms with van der Waals surface area (Å²) in [5, 5.41) is 0.561. The number of halogens is 1. The molecule has 234 valence electrons. The van der Waals surface area contributed by atoms with Gasteiger partial charge >= 0.3 is 0 Å². The van der Waals surface area contributed by atoms with Crippen molar-refractivity contribution < 1.29 is 9.53 Å². The molecule has 5 heteroatoms. The van der Waals surface area contributed by atoms with Crippen LogP contribution in [0.25, 0.3) is 11.6 Å². The highest BCUT2D eigenvalue weighted by molar-refractivity contribution is 6.30. The van der Waals surface area contributed by atoms with Crippen molar-refractivity contribution in [3.8, 4) is 0 Å². The molecule has 1 aliphatic carbocycles. The Labute approximate surface area is 263 Å². The van der Waals surface area contributed by atoms with E-state index in [-0.39, 0.29) is 6.10 Å². The standard InChI is InChI=1S/C20H27ClN2.C13H18O2.2C2H6/c1-6-9-10-12-20-22-19(15-23(20)8-3)18(11-7-2)14-16(4)13-17(5)21;1-2-5-12-6-3-7-13(9-8-12)15-11-4-10-14;2*1-2/h6,10-13,15H,1,5,7-9,14H2,2-4H3;2,5-6,8-10,13H,3-4,7,11H2,1H3;2*1-2H3/b12-10+,16-13-,18-11+;5-2+;;. The number of allylic oxidation sites excluding steroid dienone is 12. The van der Waals surface area contributed by atoms with Crippen LogP contribution >= 0.6 is 11.6 Å². The number of aromatic nitrogens is 2. The molecule has 0 aliphatic heterocycles. The average Bonchev–Trinajstić information content (AvgIpc) is 3.27. The van der Waals surface area contributed by atoms with Crippen molar-refractivity contribution in [3.05, 3.63) is 102 Å². The van der Waals surface area contributed by atoms with Crippen molar-refractivity contribution in [2.75, 3.05) is 6.61 Å². The summed E-state index contributed by atoms with van der Waals surface area (Å²) in [4.78, 5) is 14.9. The van der Waals surface area contributed by atoms with E-state index < -0.39 is 0 Å². The number of hydrogen-bond acceptors (Lipinski definition) is 3. The van der Waals surface area contributed by atoms with Gasteiger partial charge in [0.25, 0.3) is 0 Å². The van der Waals surface area contributed by atoms with Crippen LogP contribution < -0.4 is 0 Å². The molecule has 0 bridgehead atoms. The van der Waals surface area contributed by atoms with Gasteiger partial charge in [-0.1, -0.05) is 107 Å². The number of aldehydes is 1. The van der Waals surface area contributed by atoms with Crippen molar-refractivity contribution in [2.24, 2.45) is 0 Å². The summed E-state index contributed by atoms with van der Waals surface area (Å²) in [6.45, 7) is 25.2. The molecule has 42 heavy (non-hydrogen) atoms. The van der Waals surface area contributed by atoms with E-state index in [4.69, 9.17) is 21.3 Å². The van der Waals surface area contributed by atoms with Gasteiger partial charge in [-0.25, -0.2) is 4.98 Å². The predicted molar refractivity (Wildman–Crippen MR) is 188 cm³/mol. The van der Waals surface area contributed by atoms with Gasteiger partial charge in [0.2, 0.25) is 0 Å². The Kier molecular flexibility index (Phi) is 27.6. The molecule has 1 aliphatic rings. The molecule has 1 atom stereocenters. The smallest absolute Gasteiger partial charge is 0.132 e. The van der Waals surface area contributed by atoms with Crippen LogP contribution in [0.5, 0.6) is 0 Å². The van der Waals surface area contributed by atoms with Crippen LogP contribution in [0, 0.1) is 0 Å². The van der Waals surface area contributed by atoms with E-state index in [1.54, 1.807) is 0 Å². The van der Waals surface area contributed by atoms with E-state index in [0.717, 1.165) is 56.5 Å². The molecule has 0 saturated heterocycles. The van der Waals surface area contributed by atoms with Crippen molar-refractivity contribution >= 4 is 29.5 Å². The molecule has 0 aromatic carbocycles. The molecule has 0 fully saturated rings. The first kappa shape index (κ1) is 41.2. The van der Waals surface area contributed by atoms with Crippen molar-refractivity contribution in [1.82, 2.24) is 9.55 Å². The van der Waals surface area contributed by atoms with Gasteiger partial charge in [0.1, 0.15) is 12.1 Å². The maximum atomic E-state index is 10.1. The lowest BCUT2D eigenvalue weighted by Gasteiger charge is -2.10. The summed E-state index contributed by atoms with van der Waals surface area (Å²) in [7, 11) is 0. The minimum absolute atomic E-state index is 0.156. The quantitative estimate of drug-likeness (QED) is 0.0928. The largest absolute Gasteiger partial charge is 0.374 e. The fourth-order valence-electron chi connectivity index (χ4n) is 3.89. The zero-order valence-electron chi connectivity index (χ0n) is 27.7. The fraction of sp³-hybridized carbons (Fsp3) is 0.459. The fourth-order valence-corrected chi connectivity index (χ4v) is 4.08. The van der Waals surface area contributed by atoms with Crippen molar-refractivity contribution in [3.63, 3.8) is 0 Å². The van der Waals surface area contributed by atoms with E-state index in [1.807, 2.05) is 52.8 Å². The van der Waals surface area contributed by atoms with Crippen molar-refractivity contribution in [2.45, 2.75) is 107 Å². The highest BCUT2D eigenvalue weighted by Crippen LogP contribution is 2.24. The number of imidazole rings is 1. The Balaban J connectivity index is 0. The first-order valence-electron chi connectivity index (χ1n) is 15.5. The van der Waals surface area contributed by atoms with Gasteiger partial charge < -0.3 is 14.1 Å². The molecule has 4 nitrogen and oxygen atoms in total. The lowest BCUT2D eigenvalue weighted by atomic mass is 10.0. The number of aryl methyl sites for hydroxylation is 1. The van der Waals surface area contributed by atoms with Crippen LogP contribution in [0.3, 0.4) is 0 Å². The molecule has 1 heterocycles. The van der Waals surface area contributed by atoms with Crippen LogP contribution in [0.1, 0.15) is 105 Å². The molecule has 1 aromatic rings. The van der Waals surface area contributed by atoms with Gasteiger partial charge in [0.15, 0.2) is 0 Å². The normalized spacial score (nSPS) is 15.0. The third kappa shape index (κ3) is 19.2. The lowest BCUT2D eigenvalue weighted by molar-refractivity contribution is -0.109. The molecule has 0 radical (unpaired) electrons. The van der Waals surface area contributed by atoms with Crippen molar-refractivity contribution in [1.29, 1.82) is 0 Å². The summed E-state index contributed by atoms with van der Waals surface area (Å²) < 4.78 is 7.72. The molecule has 0 saturated carbocycles. The van der Waals surface area contributed by atoms with Crippen LogP contribution in [0.15, 0.2) is 90.2 Å². The van der Waals surface area contributed by atoms with Crippen LogP contribution in [-0.2, 0) is 16.1 Å². The van der Waals surface area contributed by atoms with E-state index in [1.165, 1.54) is 16.7 Å². The molecule has 0 spiro atoms. The molecule has 2 rings (SSSR count). The van der Waals surface area contributed by atoms with Gasteiger partial charge in [-0.2, -0.15) is 0 Å². The summed E-state index contributed by atoms with van der Waals surface area (Å²) in [6, 6.07) is 0. The molecule has 0 N–H and O–H groups in total. The topological polar surface area (TPSA) is 44.1 Å². The van der Waals surface area contributed by atoms with Crippen LogP contribution in [-0.4, -0.2) is 28.5 Å². The van der Waals surface area contributed by atoms with Crippen LogP contribution in [0.4, 0.5) is 0 Å². The van der Waals surface area contributed by atoms with Gasteiger partial charge in [0.05, 0.1) is 18.4 Å². The summed E-state index contributed by atoms with van der Waals surface area (Å²) in [5.41, 5.74) is 4.67. The maximum Gasteiger partial charge on any atom is 0.132 e. The minimum Gasteiger partial charge on any atom is -0.374 e. The third-order valence-corrected chi connectivity index (χ3v) is 5.74. The Bertz CT molecular complexity index is 1070. The average molecular weight is 597 g/mol. The lowest BCUT2D eigenvalue weighted by Crippen LogP contribution is -2.10. The Morgan fingerprint density at radius 1 is 1.21 bits per heavy atom. The first-order chi connectivity index (χ1) is 20.4. The number of carbonyl (C=O) groups is 1. The molecular formula is C37H57ClN2O2. The SMILES string of the molecule is C/C=C/C1=CCCC(OCCC=O)C=C1.C=CC/C=C/c1nc(/C(=C/CC)C/C(C)=C\C(=C)Cl)cn1CC.CC.CC. The molecule has 1 unspecified atom stereocenters.